The van der Waals surface area contributed by atoms with E-state index in [1.807, 2.05) is 0 Å². The first-order valence-electron chi connectivity index (χ1n) is 3.49. The number of rotatable bonds is 2. The summed E-state index contributed by atoms with van der Waals surface area (Å²) in [6, 6.07) is 0. The molecule has 0 aliphatic heterocycles. The lowest BCUT2D eigenvalue weighted by Gasteiger charge is -1.99. The van der Waals surface area contributed by atoms with Crippen molar-refractivity contribution in [2.75, 3.05) is 0 Å². The highest BCUT2D eigenvalue weighted by atomic mass is 35.5. The number of aromatic nitrogens is 2. The molecule has 0 aromatic carbocycles. The normalized spacial score (nSPS) is 12.0. The van der Waals surface area contributed by atoms with E-state index in [2.05, 4.69) is 5.10 Å². The maximum absolute atomic E-state index is 10.8. The van der Waals surface area contributed by atoms with E-state index in [1.165, 1.54) is 4.68 Å². The third-order valence-electron chi connectivity index (χ3n) is 1.60. The Morgan fingerprint density at radius 2 is 2.15 bits per heavy atom. The molecule has 0 bridgehead atoms. The largest absolute Gasteiger partial charge is 0.270 e. The molecule has 13 heavy (non-hydrogen) atoms. The van der Waals surface area contributed by atoms with Crippen molar-refractivity contribution in [2.45, 2.75) is 12.7 Å². The highest BCUT2D eigenvalue weighted by molar-refractivity contribution is 7.88. The van der Waals surface area contributed by atoms with Gasteiger partial charge in [-0.05, 0) is 6.92 Å². The van der Waals surface area contributed by atoms with Gasteiger partial charge in [-0.2, -0.15) is 5.10 Å². The zero-order valence-electron chi connectivity index (χ0n) is 7.28. The second-order valence-corrected chi connectivity index (χ2v) is 4.77. The molecule has 5 nitrogen and oxygen atoms in total. The Balaban J connectivity index is 3.15. The van der Waals surface area contributed by atoms with Crippen LogP contribution in [0.2, 0.25) is 5.02 Å². The molecular weight excluding hydrogens is 214 g/mol. The summed E-state index contributed by atoms with van der Waals surface area (Å²) >= 11 is 5.82. The van der Waals surface area contributed by atoms with Crippen molar-refractivity contribution in [2.24, 2.45) is 12.2 Å². The first-order valence-corrected chi connectivity index (χ1v) is 5.59. The number of hydrogen-bond donors (Lipinski definition) is 1. The Morgan fingerprint density at radius 3 is 2.46 bits per heavy atom. The van der Waals surface area contributed by atoms with Gasteiger partial charge in [-0.25, -0.2) is 13.6 Å². The van der Waals surface area contributed by atoms with E-state index < -0.39 is 10.0 Å². The Bertz CT molecular complexity index is 423. The average molecular weight is 224 g/mol. The summed E-state index contributed by atoms with van der Waals surface area (Å²) in [5, 5.41) is 9.20. The molecular formula is C6H10ClN3O2S. The van der Waals surface area contributed by atoms with E-state index in [9.17, 15) is 8.42 Å². The summed E-state index contributed by atoms with van der Waals surface area (Å²) in [4.78, 5) is 0. The molecule has 0 aliphatic rings. The molecule has 0 saturated heterocycles. The highest BCUT2D eigenvalue weighted by Gasteiger charge is 2.15. The quantitative estimate of drug-likeness (QED) is 0.777. The molecule has 0 spiro atoms. The summed E-state index contributed by atoms with van der Waals surface area (Å²) in [7, 11) is -1.93. The van der Waals surface area contributed by atoms with Crippen LogP contribution in [0.1, 0.15) is 11.4 Å². The SMILES string of the molecule is Cc1nn(C)c(CS(N)(=O)=O)c1Cl. The molecule has 7 heteroatoms. The van der Waals surface area contributed by atoms with E-state index in [4.69, 9.17) is 16.7 Å². The van der Waals surface area contributed by atoms with Crippen LogP contribution < -0.4 is 5.14 Å². The van der Waals surface area contributed by atoms with Crippen LogP contribution in [0, 0.1) is 6.92 Å². The Hall–Kier alpha value is -0.590. The van der Waals surface area contributed by atoms with Crippen molar-refractivity contribution in [3.63, 3.8) is 0 Å². The number of sulfonamides is 1. The van der Waals surface area contributed by atoms with Crippen LogP contribution in [0.15, 0.2) is 0 Å². The summed E-state index contributed by atoms with van der Waals surface area (Å²) < 4.78 is 23.0. The van der Waals surface area contributed by atoms with Crippen molar-refractivity contribution in [1.29, 1.82) is 0 Å². The van der Waals surface area contributed by atoms with Crippen LogP contribution in [-0.2, 0) is 22.8 Å². The predicted octanol–water partition coefficient (Wildman–Crippen LogP) is 0.170. The second-order valence-electron chi connectivity index (χ2n) is 2.78. The van der Waals surface area contributed by atoms with Gasteiger partial charge in [0.25, 0.3) is 0 Å². The molecule has 74 valence electrons. The highest BCUT2D eigenvalue weighted by Crippen LogP contribution is 2.20. The van der Waals surface area contributed by atoms with Crippen LogP contribution in [0.4, 0.5) is 0 Å². The first-order chi connectivity index (χ1) is 5.81. The lowest BCUT2D eigenvalue weighted by molar-refractivity contribution is 0.593. The van der Waals surface area contributed by atoms with Crippen molar-refractivity contribution in [3.8, 4) is 0 Å². The van der Waals surface area contributed by atoms with Crippen LogP contribution >= 0.6 is 11.6 Å². The number of aryl methyl sites for hydroxylation is 2. The van der Waals surface area contributed by atoms with Gasteiger partial charge in [0, 0.05) is 7.05 Å². The summed E-state index contributed by atoms with van der Waals surface area (Å²) in [5.74, 6) is -0.289. The monoisotopic (exact) mass is 223 g/mol. The van der Waals surface area contributed by atoms with Gasteiger partial charge in [0.1, 0.15) is 5.75 Å². The van der Waals surface area contributed by atoms with Crippen molar-refractivity contribution in [3.05, 3.63) is 16.4 Å². The lowest BCUT2D eigenvalue weighted by Crippen LogP contribution is -2.16. The van der Waals surface area contributed by atoms with E-state index in [0.29, 0.717) is 16.4 Å². The molecule has 0 amide bonds. The first kappa shape index (κ1) is 10.5. The third-order valence-corrected chi connectivity index (χ3v) is 2.77. The van der Waals surface area contributed by atoms with Gasteiger partial charge in [-0.1, -0.05) is 11.6 Å². The standard InChI is InChI=1S/C6H10ClN3O2S/c1-4-6(7)5(10(2)9-4)3-13(8,11)12/h3H2,1-2H3,(H2,8,11,12). The van der Waals surface area contributed by atoms with E-state index in [0.717, 1.165) is 0 Å². The van der Waals surface area contributed by atoms with E-state index in [-0.39, 0.29) is 5.75 Å². The average Bonchev–Trinajstić information content (AvgIpc) is 2.14. The molecule has 0 radical (unpaired) electrons. The van der Waals surface area contributed by atoms with Crippen molar-refractivity contribution < 1.29 is 8.42 Å². The second kappa shape index (κ2) is 3.28. The zero-order valence-corrected chi connectivity index (χ0v) is 8.85. The van der Waals surface area contributed by atoms with Crippen LogP contribution in [0.25, 0.3) is 0 Å². The van der Waals surface area contributed by atoms with Gasteiger partial charge in [0.05, 0.1) is 16.4 Å². The predicted molar refractivity (Wildman–Crippen MR) is 49.8 cm³/mol. The van der Waals surface area contributed by atoms with Gasteiger partial charge < -0.3 is 0 Å². The Kier molecular flexibility index (Phi) is 2.65. The number of primary sulfonamides is 1. The molecule has 1 rings (SSSR count). The van der Waals surface area contributed by atoms with E-state index in [1.54, 1.807) is 14.0 Å². The number of halogens is 1. The Morgan fingerprint density at radius 1 is 1.62 bits per heavy atom. The fourth-order valence-corrected chi connectivity index (χ4v) is 2.05. The Labute approximate surface area is 81.5 Å². The maximum Gasteiger partial charge on any atom is 0.214 e. The number of nitrogens with two attached hydrogens (primary N) is 1. The lowest BCUT2D eigenvalue weighted by atomic mass is 10.4. The molecule has 1 aromatic rings. The molecule has 2 N–H and O–H groups in total. The number of hydrogen-bond acceptors (Lipinski definition) is 3. The summed E-state index contributed by atoms with van der Waals surface area (Å²) in [6.45, 7) is 1.70. The summed E-state index contributed by atoms with van der Waals surface area (Å²) in [5.41, 5.74) is 1.02. The van der Waals surface area contributed by atoms with Crippen LogP contribution in [0.3, 0.4) is 0 Å². The number of nitrogens with zero attached hydrogens (tertiary/aromatic N) is 2. The fourth-order valence-electron chi connectivity index (χ4n) is 1.03. The minimum Gasteiger partial charge on any atom is -0.270 e. The minimum absolute atomic E-state index is 0.289. The topological polar surface area (TPSA) is 78.0 Å². The molecule has 0 saturated carbocycles. The van der Waals surface area contributed by atoms with Gasteiger partial charge in [-0.3, -0.25) is 4.68 Å². The maximum atomic E-state index is 10.8. The van der Waals surface area contributed by atoms with Crippen molar-refractivity contribution >= 4 is 21.6 Å². The molecule has 0 unspecified atom stereocenters. The smallest absolute Gasteiger partial charge is 0.214 e. The fraction of sp³-hybridized carbons (Fsp3) is 0.500. The molecule has 1 heterocycles. The van der Waals surface area contributed by atoms with E-state index >= 15 is 0 Å². The molecule has 1 aromatic heterocycles. The molecule has 0 fully saturated rings. The molecule has 0 aliphatic carbocycles. The van der Waals surface area contributed by atoms with Gasteiger partial charge >= 0.3 is 0 Å². The minimum atomic E-state index is -3.55. The van der Waals surface area contributed by atoms with Crippen LogP contribution in [-0.4, -0.2) is 18.2 Å². The third kappa shape index (κ3) is 2.43. The van der Waals surface area contributed by atoms with Crippen LogP contribution in [0.5, 0.6) is 0 Å². The van der Waals surface area contributed by atoms with Gasteiger partial charge in [0.2, 0.25) is 10.0 Å². The molecule has 0 atom stereocenters. The van der Waals surface area contributed by atoms with Crippen molar-refractivity contribution in [1.82, 2.24) is 9.78 Å². The van der Waals surface area contributed by atoms with Gasteiger partial charge in [-0.15, -0.1) is 0 Å². The zero-order chi connectivity index (χ0) is 10.2. The van der Waals surface area contributed by atoms with Gasteiger partial charge in [0.15, 0.2) is 0 Å². The summed E-state index contributed by atoms with van der Waals surface area (Å²) in [6.07, 6.45) is 0.